The molecule has 0 saturated heterocycles. The van der Waals surface area contributed by atoms with Gasteiger partial charge in [0.2, 0.25) is 0 Å². The Morgan fingerprint density at radius 2 is 2.05 bits per heavy atom. The van der Waals surface area contributed by atoms with E-state index in [4.69, 9.17) is 16.3 Å². The Morgan fingerprint density at radius 1 is 1.35 bits per heavy atom. The number of carbonyl (C=O) groups is 1. The smallest absolute Gasteiger partial charge is 0.330 e. The summed E-state index contributed by atoms with van der Waals surface area (Å²) in [7, 11) is 2.12. The topological polar surface area (TPSA) is 29.5 Å². The predicted octanol–water partition coefficient (Wildman–Crippen LogP) is 2.95. The fraction of sp³-hybridized carbons (Fsp3) is 0.438. The molecule has 20 heavy (non-hydrogen) atoms. The third-order valence-electron chi connectivity index (χ3n) is 3.58. The highest BCUT2D eigenvalue weighted by molar-refractivity contribution is 6.31. The van der Waals surface area contributed by atoms with Gasteiger partial charge < -0.3 is 9.64 Å². The first-order valence-corrected chi connectivity index (χ1v) is 7.33. The van der Waals surface area contributed by atoms with Crippen molar-refractivity contribution in [3.05, 3.63) is 39.9 Å². The van der Waals surface area contributed by atoms with Crippen molar-refractivity contribution < 1.29 is 9.53 Å². The molecule has 0 saturated carbocycles. The Hall–Kier alpha value is -1.32. The number of likely N-dealkylation sites (N-methyl/N-ethyl adjacent to an activating group) is 1. The van der Waals surface area contributed by atoms with Gasteiger partial charge in [0.25, 0.3) is 0 Å². The third kappa shape index (κ3) is 3.62. The average Bonchev–Trinajstić information content (AvgIpc) is 2.62. The van der Waals surface area contributed by atoms with E-state index in [2.05, 4.69) is 11.9 Å². The molecule has 2 rings (SSSR count). The Bertz CT molecular complexity index is 525. The van der Waals surface area contributed by atoms with Crippen LogP contribution in [0.15, 0.2) is 18.2 Å². The van der Waals surface area contributed by atoms with Gasteiger partial charge in [-0.05, 0) is 55.6 Å². The van der Waals surface area contributed by atoms with Crippen LogP contribution in [-0.2, 0) is 22.4 Å². The Kier molecular flexibility index (Phi) is 5.21. The first kappa shape index (κ1) is 15.1. The molecule has 0 radical (unpaired) electrons. The van der Waals surface area contributed by atoms with Crippen LogP contribution in [-0.4, -0.2) is 37.6 Å². The van der Waals surface area contributed by atoms with Gasteiger partial charge in [-0.2, -0.15) is 0 Å². The lowest BCUT2D eigenvalue weighted by Gasteiger charge is -2.11. The van der Waals surface area contributed by atoms with Crippen molar-refractivity contribution >= 4 is 23.6 Å². The summed E-state index contributed by atoms with van der Waals surface area (Å²) in [5, 5.41) is 0.823. The van der Waals surface area contributed by atoms with E-state index >= 15 is 0 Å². The molecule has 0 aliphatic carbocycles. The monoisotopic (exact) mass is 293 g/mol. The van der Waals surface area contributed by atoms with Gasteiger partial charge in [0.1, 0.15) is 0 Å². The largest absolute Gasteiger partial charge is 0.463 e. The van der Waals surface area contributed by atoms with Crippen molar-refractivity contribution in [3.63, 3.8) is 0 Å². The summed E-state index contributed by atoms with van der Waals surface area (Å²) in [4.78, 5) is 13.7. The van der Waals surface area contributed by atoms with Crippen LogP contribution in [0.2, 0.25) is 5.02 Å². The molecule has 1 aliphatic heterocycles. The second-order valence-electron chi connectivity index (χ2n) is 4.98. The number of esters is 1. The SMILES string of the molecule is CCOC(=O)/C=C/c1ccc(Cl)c2c1CCN(C)CC2. The molecule has 3 nitrogen and oxygen atoms in total. The summed E-state index contributed by atoms with van der Waals surface area (Å²) in [5.41, 5.74) is 3.53. The normalized spacial score (nSPS) is 15.9. The second-order valence-corrected chi connectivity index (χ2v) is 5.39. The lowest BCUT2D eigenvalue weighted by molar-refractivity contribution is -0.137. The van der Waals surface area contributed by atoms with Gasteiger partial charge in [-0.15, -0.1) is 0 Å². The molecule has 0 amide bonds. The first-order valence-electron chi connectivity index (χ1n) is 6.95. The molecule has 0 spiro atoms. The number of hydrogen-bond acceptors (Lipinski definition) is 3. The van der Waals surface area contributed by atoms with Gasteiger partial charge >= 0.3 is 5.97 Å². The van der Waals surface area contributed by atoms with E-state index < -0.39 is 0 Å². The summed E-state index contributed by atoms with van der Waals surface area (Å²) in [5.74, 6) is -0.304. The van der Waals surface area contributed by atoms with Crippen LogP contribution in [0.3, 0.4) is 0 Å². The molecule has 0 bridgehead atoms. The van der Waals surface area contributed by atoms with Crippen molar-refractivity contribution in [2.24, 2.45) is 0 Å². The van der Waals surface area contributed by atoms with Gasteiger partial charge in [-0.3, -0.25) is 0 Å². The lowest BCUT2D eigenvalue weighted by Crippen LogP contribution is -2.20. The zero-order chi connectivity index (χ0) is 14.5. The van der Waals surface area contributed by atoms with Gasteiger partial charge in [0, 0.05) is 24.2 Å². The number of ether oxygens (including phenoxy) is 1. The van der Waals surface area contributed by atoms with Crippen molar-refractivity contribution in [1.29, 1.82) is 0 Å². The minimum Gasteiger partial charge on any atom is -0.463 e. The van der Waals surface area contributed by atoms with Gasteiger partial charge in [-0.1, -0.05) is 17.7 Å². The number of hydrogen-bond donors (Lipinski definition) is 0. The Balaban J connectivity index is 2.29. The number of halogens is 1. The number of benzene rings is 1. The van der Waals surface area contributed by atoms with Crippen molar-refractivity contribution in [1.82, 2.24) is 4.90 Å². The predicted molar refractivity (Wildman–Crippen MR) is 82.0 cm³/mol. The molecule has 0 N–H and O–H groups in total. The molecular weight excluding hydrogens is 274 g/mol. The minimum absolute atomic E-state index is 0.304. The molecule has 0 unspecified atom stereocenters. The van der Waals surface area contributed by atoms with E-state index in [9.17, 15) is 4.79 Å². The highest BCUT2D eigenvalue weighted by atomic mass is 35.5. The van der Waals surface area contributed by atoms with Crippen LogP contribution < -0.4 is 0 Å². The van der Waals surface area contributed by atoms with Crippen LogP contribution in [0.5, 0.6) is 0 Å². The van der Waals surface area contributed by atoms with Crippen LogP contribution in [0.4, 0.5) is 0 Å². The summed E-state index contributed by atoms with van der Waals surface area (Å²) in [6.45, 7) is 4.22. The molecule has 108 valence electrons. The van der Waals surface area contributed by atoms with Crippen LogP contribution in [0, 0.1) is 0 Å². The zero-order valence-electron chi connectivity index (χ0n) is 12.0. The van der Waals surface area contributed by atoms with E-state index in [1.54, 1.807) is 6.92 Å². The van der Waals surface area contributed by atoms with Gasteiger partial charge in [-0.25, -0.2) is 4.79 Å². The van der Waals surface area contributed by atoms with Gasteiger partial charge in [0.05, 0.1) is 6.61 Å². The Labute approximate surface area is 125 Å². The summed E-state index contributed by atoms with van der Waals surface area (Å²) in [6, 6.07) is 3.89. The molecule has 0 aromatic heterocycles. The molecule has 0 fully saturated rings. The minimum atomic E-state index is -0.304. The molecule has 1 aliphatic rings. The van der Waals surface area contributed by atoms with Gasteiger partial charge in [0.15, 0.2) is 0 Å². The number of nitrogens with zero attached hydrogens (tertiary/aromatic N) is 1. The van der Waals surface area contributed by atoms with Crippen LogP contribution in [0.25, 0.3) is 6.08 Å². The van der Waals surface area contributed by atoms with Crippen LogP contribution in [0.1, 0.15) is 23.6 Å². The van der Waals surface area contributed by atoms with E-state index in [0.717, 1.165) is 36.5 Å². The lowest BCUT2D eigenvalue weighted by atomic mass is 9.97. The maximum absolute atomic E-state index is 11.4. The first-order chi connectivity index (χ1) is 9.61. The molecule has 1 heterocycles. The molecule has 0 atom stereocenters. The van der Waals surface area contributed by atoms with Crippen molar-refractivity contribution in [3.8, 4) is 0 Å². The molecule has 1 aromatic carbocycles. The van der Waals surface area contributed by atoms with E-state index in [0.29, 0.717) is 6.61 Å². The van der Waals surface area contributed by atoms with E-state index in [1.165, 1.54) is 17.2 Å². The highest BCUT2D eigenvalue weighted by Gasteiger charge is 2.16. The summed E-state index contributed by atoms with van der Waals surface area (Å²) in [6.07, 6.45) is 5.22. The molecular formula is C16H20ClNO2. The highest BCUT2D eigenvalue weighted by Crippen LogP contribution is 2.27. The Morgan fingerprint density at radius 3 is 2.75 bits per heavy atom. The summed E-state index contributed by atoms with van der Waals surface area (Å²) >= 11 is 6.31. The zero-order valence-corrected chi connectivity index (χ0v) is 12.7. The van der Waals surface area contributed by atoms with Crippen molar-refractivity contribution in [2.45, 2.75) is 19.8 Å². The quantitative estimate of drug-likeness (QED) is 0.634. The van der Waals surface area contributed by atoms with E-state index in [1.807, 2.05) is 18.2 Å². The molecule has 1 aromatic rings. The number of carbonyl (C=O) groups excluding carboxylic acids is 1. The average molecular weight is 294 g/mol. The standard InChI is InChI=1S/C16H20ClNO2/c1-3-20-16(19)7-5-12-4-6-15(17)14-9-11-18(2)10-8-13(12)14/h4-7H,3,8-11H2,1-2H3/b7-5+. The summed E-state index contributed by atoms with van der Waals surface area (Å²) < 4.78 is 4.91. The number of fused-ring (bicyclic) bond motifs is 1. The van der Waals surface area contributed by atoms with Crippen molar-refractivity contribution in [2.75, 3.05) is 26.7 Å². The fourth-order valence-electron chi connectivity index (χ4n) is 2.47. The van der Waals surface area contributed by atoms with E-state index in [-0.39, 0.29) is 5.97 Å². The molecule has 4 heteroatoms. The second kappa shape index (κ2) is 6.91. The van der Waals surface area contributed by atoms with Crippen LogP contribution >= 0.6 is 11.6 Å². The third-order valence-corrected chi connectivity index (χ3v) is 3.94. The fourth-order valence-corrected chi connectivity index (χ4v) is 2.74. The maximum Gasteiger partial charge on any atom is 0.330 e. The number of rotatable bonds is 3. The maximum atomic E-state index is 11.4.